The minimum absolute atomic E-state index is 0.0215. The van der Waals surface area contributed by atoms with Gasteiger partial charge in [0.15, 0.2) is 11.3 Å². The Morgan fingerprint density at radius 3 is 2.71 bits per heavy atom. The van der Waals surface area contributed by atoms with E-state index in [9.17, 15) is 9.18 Å². The van der Waals surface area contributed by atoms with E-state index in [-0.39, 0.29) is 17.8 Å². The molecular formula is C17H16FN3O2S. The summed E-state index contributed by atoms with van der Waals surface area (Å²) in [7, 11) is 0. The number of morpholine rings is 1. The van der Waals surface area contributed by atoms with Crippen LogP contribution in [0.15, 0.2) is 17.6 Å². The summed E-state index contributed by atoms with van der Waals surface area (Å²) in [6.45, 7) is 5.14. The van der Waals surface area contributed by atoms with Crippen molar-refractivity contribution in [1.82, 2.24) is 10.2 Å². The molecule has 0 spiro atoms. The Morgan fingerprint density at radius 1 is 1.33 bits per heavy atom. The first-order chi connectivity index (χ1) is 11.6. The van der Waals surface area contributed by atoms with Crippen molar-refractivity contribution in [2.45, 2.75) is 26.1 Å². The van der Waals surface area contributed by atoms with Crippen molar-refractivity contribution in [3.63, 3.8) is 0 Å². The van der Waals surface area contributed by atoms with E-state index in [1.54, 1.807) is 5.51 Å². The van der Waals surface area contributed by atoms with Crippen LogP contribution in [0.4, 0.5) is 10.1 Å². The highest BCUT2D eigenvalue weighted by atomic mass is 32.1. The van der Waals surface area contributed by atoms with Gasteiger partial charge in [-0.2, -0.15) is 0 Å². The Bertz CT molecular complexity index is 788. The fourth-order valence-corrected chi connectivity index (χ4v) is 3.16. The summed E-state index contributed by atoms with van der Waals surface area (Å²) in [5, 5.41) is 7.97. The first kappa shape index (κ1) is 16.6. The van der Waals surface area contributed by atoms with Crippen molar-refractivity contribution in [3.8, 4) is 11.8 Å². The summed E-state index contributed by atoms with van der Waals surface area (Å²) in [5.74, 6) is 5.01. The lowest BCUT2D eigenvalue weighted by Gasteiger charge is -2.37. The van der Waals surface area contributed by atoms with Crippen LogP contribution in [0.2, 0.25) is 0 Å². The van der Waals surface area contributed by atoms with E-state index in [2.05, 4.69) is 22.0 Å². The van der Waals surface area contributed by atoms with Gasteiger partial charge in [-0.25, -0.2) is 4.39 Å². The summed E-state index contributed by atoms with van der Waals surface area (Å²) in [6, 6.07) is 2.86. The van der Waals surface area contributed by atoms with Crippen LogP contribution in [0.1, 0.15) is 34.8 Å². The van der Waals surface area contributed by atoms with Gasteiger partial charge in [0, 0.05) is 18.7 Å². The molecule has 0 radical (unpaired) electrons. The van der Waals surface area contributed by atoms with E-state index in [0.29, 0.717) is 29.3 Å². The minimum atomic E-state index is -0.459. The predicted molar refractivity (Wildman–Crippen MR) is 89.9 cm³/mol. The number of benzene rings is 1. The summed E-state index contributed by atoms with van der Waals surface area (Å²) in [6.07, 6.45) is 0.775. The maximum Gasteiger partial charge on any atom is 0.191 e. The van der Waals surface area contributed by atoms with Crippen molar-refractivity contribution < 1.29 is 13.9 Å². The van der Waals surface area contributed by atoms with Crippen molar-refractivity contribution in [2.75, 3.05) is 18.0 Å². The largest absolute Gasteiger partial charge is 0.372 e. The molecule has 5 nitrogen and oxygen atoms in total. The van der Waals surface area contributed by atoms with E-state index < -0.39 is 5.82 Å². The maximum atomic E-state index is 14.4. The number of rotatable bonds is 2. The molecule has 124 valence electrons. The zero-order valence-electron chi connectivity index (χ0n) is 13.3. The van der Waals surface area contributed by atoms with Crippen LogP contribution >= 0.6 is 11.3 Å². The molecule has 0 N–H and O–H groups in total. The van der Waals surface area contributed by atoms with E-state index in [1.165, 1.54) is 23.5 Å². The number of ether oxygens (including phenoxy) is 1. The smallest absolute Gasteiger partial charge is 0.191 e. The number of aldehydes is 1. The van der Waals surface area contributed by atoms with Crippen molar-refractivity contribution in [1.29, 1.82) is 0 Å². The van der Waals surface area contributed by atoms with E-state index in [4.69, 9.17) is 4.74 Å². The second-order valence-corrected chi connectivity index (χ2v) is 6.50. The fourth-order valence-electron chi connectivity index (χ4n) is 2.77. The molecule has 0 aliphatic carbocycles. The van der Waals surface area contributed by atoms with Crippen molar-refractivity contribution in [2.24, 2.45) is 0 Å². The predicted octanol–water partition coefficient (Wildman–Crippen LogP) is 2.50. The van der Waals surface area contributed by atoms with Crippen LogP contribution in [0, 0.1) is 17.7 Å². The van der Waals surface area contributed by atoms with E-state index in [0.717, 1.165) is 6.29 Å². The second kappa shape index (κ2) is 7.07. The number of halogens is 1. The molecule has 0 saturated carbocycles. The summed E-state index contributed by atoms with van der Waals surface area (Å²) < 4.78 is 20.1. The third kappa shape index (κ3) is 3.61. The van der Waals surface area contributed by atoms with Gasteiger partial charge >= 0.3 is 0 Å². The van der Waals surface area contributed by atoms with Crippen LogP contribution in [0.3, 0.4) is 0 Å². The van der Waals surface area contributed by atoms with Gasteiger partial charge in [0.1, 0.15) is 11.3 Å². The average molecular weight is 345 g/mol. The second-order valence-electron chi connectivity index (χ2n) is 5.66. The molecule has 2 atom stereocenters. The molecule has 2 heterocycles. The average Bonchev–Trinajstić information content (AvgIpc) is 3.06. The monoisotopic (exact) mass is 345 g/mol. The molecule has 24 heavy (non-hydrogen) atoms. The molecular weight excluding hydrogens is 329 g/mol. The Kier molecular flexibility index (Phi) is 4.88. The summed E-state index contributed by atoms with van der Waals surface area (Å²) in [4.78, 5) is 13.5. The molecule has 7 heteroatoms. The molecule has 1 aliphatic rings. The highest BCUT2D eigenvalue weighted by Crippen LogP contribution is 2.26. The SMILES string of the molecule is C[C@@H]1CN(c2cc(F)c(C#Cc3nncs3)cc2C=O)C[C@H](C)O1. The fraction of sp³-hybridized carbons (Fsp3) is 0.353. The zero-order valence-corrected chi connectivity index (χ0v) is 14.1. The summed E-state index contributed by atoms with van der Waals surface area (Å²) >= 11 is 1.27. The van der Waals surface area contributed by atoms with Crippen LogP contribution in [0.5, 0.6) is 0 Å². The Hall–Kier alpha value is -2.30. The van der Waals surface area contributed by atoms with Crippen LogP contribution in [0.25, 0.3) is 0 Å². The highest BCUT2D eigenvalue weighted by Gasteiger charge is 2.24. The van der Waals surface area contributed by atoms with E-state index >= 15 is 0 Å². The number of anilines is 1. The number of nitrogens with zero attached hydrogens (tertiary/aromatic N) is 3. The number of hydrogen-bond acceptors (Lipinski definition) is 6. The summed E-state index contributed by atoms with van der Waals surface area (Å²) in [5.41, 5.74) is 2.72. The van der Waals surface area contributed by atoms with Gasteiger partial charge < -0.3 is 9.64 Å². The molecule has 0 bridgehead atoms. The van der Waals surface area contributed by atoms with Crippen LogP contribution in [-0.4, -0.2) is 41.8 Å². The molecule has 0 amide bonds. The number of carbonyl (C=O) groups excluding carboxylic acids is 1. The normalized spacial score (nSPS) is 20.4. The van der Waals surface area contributed by atoms with E-state index in [1.807, 2.05) is 18.7 Å². The third-order valence-corrected chi connectivity index (χ3v) is 4.27. The van der Waals surface area contributed by atoms with Crippen molar-refractivity contribution >= 4 is 23.3 Å². The highest BCUT2D eigenvalue weighted by molar-refractivity contribution is 7.09. The number of hydrogen-bond donors (Lipinski definition) is 0. The van der Waals surface area contributed by atoms with Gasteiger partial charge in [-0.15, -0.1) is 10.2 Å². The van der Waals surface area contributed by atoms with Gasteiger partial charge in [0.25, 0.3) is 0 Å². The Balaban J connectivity index is 1.94. The first-order valence-corrected chi connectivity index (χ1v) is 8.42. The third-order valence-electron chi connectivity index (χ3n) is 3.67. The molecule has 3 rings (SSSR count). The molecule has 1 aromatic carbocycles. The van der Waals surface area contributed by atoms with Crippen LogP contribution < -0.4 is 4.90 Å². The van der Waals surface area contributed by atoms with Crippen LogP contribution in [-0.2, 0) is 4.74 Å². The lowest BCUT2D eigenvalue weighted by molar-refractivity contribution is -0.00527. The van der Waals surface area contributed by atoms with Gasteiger partial charge in [-0.3, -0.25) is 4.79 Å². The first-order valence-electron chi connectivity index (χ1n) is 7.54. The molecule has 0 unspecified atom stereocenters. The molecule has 2 aromatic rings. The van der Waals surface area contributed by atoms with Gasteiger partial charge in [-0.05, 0) is 31.9 Å². The van der Waals surface area contributed by atoms with Crippen molar-refractivity contribution in [3.05, 3.63) is 39.6 Å². The van der Waals surface area contributed by atoms with Gasteiger partial charge in [0.2, 0.25) is 0 Å². The van der Waals surface area contributed by atoms with Gasteiger partial charge in [0.05, 0.1) is 23.5 Å². The topological polar surface area (TPSA) is 55.3 Å². The zero-order chi connectivity index (χ0) is 17.1. The Morgan fingerprint density at radius 2 is 2.08 bits per heavy atom. The maximum absolute atomic E-state index is 14.4. The molecule has 1 aliphatic heterocycles. The lowest BCUT2D eigenvalue weighted by atomic mass is 10.1. The standard InChI is InChI=1S/C17H16FN3O2S/c1-11-7-21(8-12(2)23-11)16-6-15(18)13(5-14(16)9-22)3-4-17-20-19-10-24-17/h5-6,9-12H,7-8H2,1-2H3/t11-,12+. The number of aromatic nitrogens is 2. The minimum Gasteiger partial charge on any atom is -0.372 e. The molecule has 1 fully saturated rings. The molecule has 1 aromatic heterocycles. The van der Waals surface area contributed by atoms with Gasteiger partial charge in [-0.1, -0.05) is 17.3 Å². The lowest BCUT2D eigenvalue weighted by Crippen LogP contribution is -2.45. The quantitative estimate of drug-likeness (QED) is 0.618. The number of carbonyl (C=O) groups is 1. The Labute approximate surface area is 143 Å². The molecule has 1 saturated heterocycles.